The van der Waals surface area contributed by atoms with Crippen LogP contribution in [0.25, 0.3) is 10.6 Å². The first-order valence-electron chi connectivity index (χ1n) is 12.7. The molecule has 37 heavy (non-hydrogen) atoms. The molecule has 1 unspecified atom stereocenters. The van der Waals surface area contributed by atoms with Crippen LogP contribution in [0.4, 0.5) is 10.1 Å². The van der Waals surface area contributed by atoms with Gasteiger partial charge < -0.3 is 14.7 Å². The second-order valence-corrected chi connectivity index (χ2v) is 12.7. The maximum absolute atomic E-state index is 13.5. The Bertz CT molecular complexity index is 1320. The average molecular weight is 547 g/mol. The highest BCUT2D eigenvalue weighted by atomic mass is 32.2. The second kappa shape index (κ2) is 11.3. The summed E-state index contributed by atoms with van der Waals surface area (Å²) in [5.74, 6) is -0.256. The van der Waals surface area contributed by atoms with E-state index >= 15 is 0 Å². The SMILES string of the molecule is O=C(NCCN1CCc2cc(F)ccc21)C(CC1CCCCC1)NS(=O)(=O)c1ccc(-c2ccon2)s1. The number of benzene rings is 1. The van der Waals surface area contributed by atoms with Crippen molar-refractivity contribution in [2.45, 2.75) is 55.2 Å². The third kappa shape index (κ3) is 6.22. The van der Waals surface area contributed by atoms with Crippen LogP contribution >= 0.6 is 11.3 Å². The van der Waals surface area contributed by atoms with Gasteiger partial charge in [0, 0.05) is 31.4 Å². The van der Waals surface area contributed by atoms with E-state index in [4.69, 9.17) is 4.52 Å². The zero-order valence-corrected chi connectivity index (χ0v) is 22.1. The minimum atomic E-state index is -3.91. The van der Waals surface area contributed by atoms with Crippen LogP contribution in [-0.4, -0.2) is 45.2 Å². The third-order valence-corrected chi connectivity index (χ3v) is 10.2. The second-order valence-electron chi connectivity index (χ2n) is 9.72. The number of nitrogens with one attached hydrogen (secondary N) is 2. The zero-order valence-electron chi connectivity index (χ0n) is 20.5. The molecule has 0 bridgehead atoms. The molecule has 198 valence electrons. The topological polar surface area (TPSA) is 105 Å². The van der Waals surface area contributed by atoms with E-state index in [0.29, 0.717) is 36.0 Å². The van der Waals surface area contributed by atoms with Crippen molar-refractivity contribution in [2.24, 2.45) is 5.92 Å². The molecule has 2 N–H and O–H groups in total. The minimum Gasteiger partial charge on any atom is -0.369 e. The van der Waals surface area contributed by atoms with Crippen molar-refractivity contribution in [1.29, 1.82) is 0 Å². The van der Waals surface area contributed by atoms with E-state index in [1.54, 1.807) is 24.3 Å². The van der Waals surface area contributed by atoms with E-state index in [2.05, 4.69) is 20.1 Å². The van der Waals surface area contributed by atoms with Gasteiger partial charge in [-0.05, 0) is 54.7 Å². The summed E-state index contributed by atoms with van der Waals surface area (Å²) < 4.78 is 47.7. The summed E-state index contributed by atoms with van der Waals surface area (Å²) in [6.45, 7) is 1.70. The number of nitrogens with zero attached hydrogens (tertiary/aromatic N) is 2. The number of carbonyl (C=O) groups excluding carboxylic acids is 1. The van der Waals surface area contributed by atoms with E-state index in [1.165, 1.54) is 24.8 Å². The van der Waals surface area contributed by atoms with Gasteiger partial charge in [0.15, 0.2) is 0 Å². The van der Waals surface area contributed by atoms with Crippen LogP contribution in [0.15, 0.2) is 51.4 Å². The molecule has 3 aromatic rings. The minimum absolute atomic E-state index is 0.132. The van der Waals surface area contributed by atoms with Crippen LogP contribution in [-0.2, 0) is 21.2 Å². The van der Waals surface area contributed by atoms with E-state index in [-0.39, 0.29) is 15.9 Å². The molecular formula is C26H31FN4O4S2. The third-order valence-electron chi connectivity index (χ3n) is 7.16. The molecule has 1 aliphatic heterocycles. The van der Waals surface area contributed by atoms with Gasteiger partial charge >= 0.3 is 0 Å². The number of amides is 1. The molecule has 2 aromatic heterocycles. The molecule has 1 amide bonds. The lowest BCUT2D eigenvalue weighted by atomic mass is 9.85. The van der Waals surface area contributed by atoms with Crippen LogP contribution in [0.1, 0.15) is 44.1 Å². The molecule has 0 saturated heterocycles. The summed E-state index contributed by atoms with van der Waals surface area (Å²) in [7, 11) is -3.91. The average Bonchev–Trinajstić information content (AvgIpc) is 3.65. The summed E-state index contributed by atoms with van der Waals surface area (Å²) in [5, 5.41) is 6.81. The lowest BCUT2D eigenvalue weighted by Gasteiger charge is -2.27. The monoisotopic (exact) mass is 546 g/mol. The van der Waals surface area contributed by atoms with Crippen molar-refractivity contribution in [3.63, 3.8) is 0 Å². The van der Waals surface area contributed by atoms with E-state index in [1.807, 2.05) is 0 Å². The van der Waals surface area contributed by atoms with Crippen molar-refractivity contribution in [1.82, 2.24) is 15.2 Å². The quantitative estimate of drug-likeness (QED) is 0.392. The fraction of sp³-hybridized carbons (Fsp3) is 0.462. The van der Waals surface area contributed by atoms with Crippen molar-refractivity contribution >= 4 is 33.0 Å². The molecule has 1 atom stereocenters. The molecule has 0 spiro atoms. The number of carbonyl (C=O) groups is 1. The standard InChI is InChI=1S/C26H31FN4O4S2/c27-20-6-7-23-19(17-20)10-13-31(23)14-12-28-26(32)22(16-18-4-2-1-3-5-18)30-37(33,34)25-9-8-24(36-25)21-11-15-35-29-21/h6-9,11,15,17-18,22,30H,1-5,10,12-14,16H2,(H,28,32). The first-order valence-corrected chi connectivity index (χ1v) is 15.0. The van der Waals surface area contributed by atoms with E-state index in [9.17, 15) is 17.6 Å². The van der Waals surface area contributed by atoms with Crippen LogP contribution in [0.5, 0.6) is 0 Å². The Morgan fingerprint density at radius 2 is 2.03 bits per heavy atom. The van der Waals surface area contributed by atoms with E-state index in [0.717, 1.165) is 61.2 Å². The molecule has 1 aliphatic carbocycles. The van der Waals surface area contributed by atoms with Crippen molar-refractivity contribution < 1.29 is 22.1 Å². The summed E-state index contributed by atoms with van der Waals surface area (Å²) >= 11 is 1.09. The van der Waals surface area contributed by atoms with Gasteiger partial charge in [0.1, 0.15) is 28.0 Å². The van der Waals surface area contributed by atoms with Crippen LogP contribution in [0.2, 0.25) is 0 Å². The molecule has 3 heterocycles. The fourth-order valence-electron chi connectivity index (χ4n) is 5.26. The fourth-order valence-corrected chi connectivity index (χ4v) is 7.75. The van der Waals surface area contributed by atoms with Gasteiger partial charge in [0.25, 0.3) is 10.0 Å². The van der Waals surface area contributed by atoms with Crippen LogP contribution in [0.3, 0.4) is 0 Å². The number of aromatic nitrogens is 1. The molecule has 11 heteroatoms. The van der Waals surface area contributed by atoms with Gasteiger partial charge in [-0.2, -0.15) is 4.72 Å². The number of hydrogen-bond acceptors (Lipinski definition) is 7. The molecule has 2 aliphatic rings. The van der Waals surface area contributed by atoms with E-state index < -0.39 is 16.1 Å². The normalized spacial score (nSPS) is 17.1. The number of fused-ring (bicyclic) bond motifs is 1. The molecule has 1 saturated carbocycles. The van der Waals surface area contributed by atoms with Gasteiger partial charge in [-0.3, -0.25) is 4.79 Å². The van der Waals surface area contributed by atoms with Crippen molar-refractivity contribution in [3.8, 4) is 10.6 Å². The number of sulfonamides is 1. The Hall–Kier alpha value is -2.76. The molecule has 5 rings (SSSR count). The predicted octanol–water partition coefficient (Wildman–Crippen LogP) is 4.34. The lowest BCUT2D eigenvalue weighted by Crippen LogP contribution is -2.49. The molecule has 0 radical (unpaired) electrons. The smallest absolute Gasteiger partial charge is 0.250 e. The highest BCUT2D eigenvalue weighted by Crippen LogP contribution is 2.31. The van der Waals surface area contributed by atoms with Crippen LogP contribution < -0.4 is 14.9 Å². The lowest BCUT2D eigenvalue weighted by molar-refractivity contribution is -0.123. The number of hydrogen-bond donors (Lipinski definition) is 2. The molecule has 1 fully saturated rings. The first-order chi connectivity index (χ1) is 17.9. The van der Waals surface area contributed by atoms with Crippen LogP contribution in [0, 0.1) is 11.7 Å². The first kappa shape index (κ1) is 25.9. The molecule has 8 nitrogen and oxygen atoms in total. The number of thiophene rings is 1. The van der Waals surface area contributed by atoms with Gasteiger partial charge in [-0.25, -0.2) is 12.8 Å². The Morgan fingerprint density at radius 3 is 2.81 bits per heavy atom. The molecular weight excluding hydrogens is 515 g/mol. The number of halogens is 1. The Morgan fingerprint density at radius 1 is 1.19 bits per heavy atom. The predicted molar refractivity (Wildman–Crippen MR) is 140 cm³/mol. The number of rotatable bonds is 10. The summed E-state index contributed by atoms with van der Waals surface area (Å²) in [5.41, 5.74) is 2.51. The Balaban J connectivity index is 1.24. The maximum atomic E-state index is 13.5. The van der Waals surface area contributed by atoms with Gasteiger partial charge in [-0.1, -0.05) is 37.3 Å². The molecule has 1 aromatic carbocycles. The highest BCUT2D eigenvalue weighted by Gasteiger charge is 2.30. The largest absolute Gasteiger partial charge is 0.369 e. The van der Waals surface area contributed by atoms with Gasteiger partial charge in [-0.15, -0.1) is 11.3 Å². The van der Waals surface area contributed by atoms with Gasteiger partial charge in [0.05, 0.1) is 4.88 Å². The summed E-state index contributed by atoms with van der Waals surface area (Å²) in [4.78, 5) is 16.0. The number of anilines is 1. The van der Waals surface area contributed by atoms with Crippen molar-refractivity contribution in [3.05, 3.63) is 54.0 Å². The Labute approximate surface area is 220 Å². The maximum Gasteiger partial charge on any atom is 0.250 e. The summed E-state index contributed by atoms with van der Waals surface area (Å²) in [6.07, 6.45) is 8.06. The van der Waals surface area contributed by atoms with Gasteiger partial charge in [0.2, 0.25) is 5.91 Å². The van der Waals surface area contributed by atoms with Crippen molar-refractivity contribution in [2.75, 3.05) is 24.5 Å². The zero-order chi connectivity index (χ0) is 25.8. The highest BCUT2D eigenvalue weighted by molar-refractivity contribution is 7.91. The Kier molecular flexibility index (Phi) is 7.92. The summed E-state index contributed by atoms with van der Waals surface area (Å²) in [6, 6.07) is 8.81.